The Hall–Kier alpha value is -1.77. The summed E-state index contributed by atoms with van der Waals surface area (Å²) in [5.41, 5.74) is 1.63. The number of benzene rings is 1. The normalized spacial score (nSPS) is 9.92. The van der Waals surface area contributed by atoms with Gasteiger partial charge in [0.1, 0.15) is 6.20 Å². The molecule has 1 aromatic heterocycles. The second-order valence-corrected chi connectivity index (χ2v) is 2.53. The lowest BCUT2D eigenvalue weighted by Gasteiger charge is -1.97. The van der Waals surface area contributed by atoms with Crippen LogP contribution in [0.1, 0.15) is 0 Å². The van der Waals surface area contributed by atoms with Crippen molar-refractivity contribution in [1.82, 2.24) is 9.97 Å². The fourth-order valence-corrected chi connectivity index (χ4v) is 1.04. The quantitative estimate of drug-likeness (QED) is 0.617. The van der Waals surface area contributed by atoms with E-state index in [1.165, 1.54) is 6.20 Å². The first-order valence-corrected chi connectivity index (χ1v) is 3.82. The standard InChI is InChI=1S/C10H6FN2/c11-10-12-6-9(7-13-10)8-4-2-1-3-5-8/h1-6H. The molecule has 0 unspecified atom stereocenters. The zero-order valence-corrected chi connectivity index (χ0v) is 6.74. The van der Waals surface area contributed by atoms with Gasteiger partial charge in [-0.3, -0.25) is 0 Å². The second-order valence-electron chi connectivity index (χ2n) is 2.53. The van der Waals surface area contributed by atoms with Crippen molar-refractivity contribution in [2.75, 3.05) is 0 Å². The summed E-state index contributed by atoms with van der Waals surface area (Å²) in [6, 6.07) is 9.49. The average molecular weight is 173 g/mol. The molecule has 2 rings (SSSR count). The van der Waals surface area contributed by atoms with Gasteiger partial charge >= 0.3 is 6.08 Å². The van der Waals surface area contributed by atoms with Gasteiger partial charge in [0.25, 0.3) is 0 Å². The number of hydrogen-bond acceptors (Lipinski definition) is 2. The van der Waals surface area contributed by atoms with Crippen LogP contribution >= 0.6 is 0 Å². The molecule has 3 heteroatoms. The smallest absolute Gasteiger partial charge is 0.210 e. The number of rotatable bonds is 1. The van der Waals surface area contributed by atoms with Crippen LogP contribution in [0.2, 0.25) is 0 Å². The number of nitrogens with zero attached hydrogens (tertiary/aromatic N) is 2. The van der Waals surface area contributed by atoms with Crippen LogP contribution < -0.4 is 0 Å². The minimum absolute atomic E-state index is 0.696. The molecule has 0 bridgehead atoms. The van der Waals surface area contributed by atoms with Gasteiger partial charge in [-0.15, -0.1) is 0 Å². The van der Waals surface area contributed by atoms with E-state index in [0.717, 1.165) is 5.56 Å². The largest absolute Gasteiger partial charge is 0.309 e. The van der Waals surface area contributed by atoms with Gasteiger partial charge < -0.3 is 0 Å². The SMILES string of the molecule is Fc1n[c]c(-c2ccccc2)cn1. The Morgan fingerprint density at radius 1 is 1.15 bits per heavy atom. The summed E-state index contributed by atoms with van der Waals surface area (Å²) in [5.74, 6) is 0. The lowest BCUT2D eigenvalue weighted by molar-refractivity contribution is 0.538. The summed E-state index contributed by atoms with van der Waals surface area (Å²) in [6.07, 6.45) is 3.23. The van der Waals surface area contributed by atoms with Crippen molar-refractivity contribution in [3.63, 3.8) is 0 Å². The minimum atomic E-state index is -0.750. The van der Waals surface area contributed by atoms with Crippen molar-refractivity contribution in [3.8, 4) is 11.1 Å². The lowest BCUT2D eigenvalue weighted by Crippen LogP contribution is -1.88. The first kappa shape index (κ1) is 7.86. The Balaban J connectivity index is 2.42. The minimum Gasteiger partial charge on any atom is -0.210 e. The van der Waals surface area contributed by atoms with Crippen molar-refractivity contribution < 1.29 is 4.39 Å². The van der Waals surface area contributed by atoms with E-state index < -0.39 is 6.08 Å². The molecule has 0 amide bonds. The summed E-state index contributed by atoms with van der Waals surface area (Å²) < 4.78 is 12.3. The molecule has 13 heavy (non-hydrogen) atoms. The van der Waals surface area contributed by atoms with E-state index in [4.69, 9.17) is 0 Å². The van der Waals surface area contributed by atoms with Gasteiger partial charge in [-0.05, 0) is 5.56 Å². The zero-order chi connectivity index (χ0) is 9.10. The van der Waals surface area contributed by atoms with Crippen molar-refractivity contribution >= 4 is 0 Å². The van der Waals surface area contributed by atoms with Gasteiger partial charge in [0.2, 0.25) is 0 Å². The van der Waals surface area contributed by atoms with Crippen LogP contribution in [0.4, 0.5) is 4.39 Å². The monoisotopic (exact) mass is 173 g/mol. The average Bonchev–Trinajstić information content (AvgIpc) is 2.20. The van der Waals surface area contributed by atoms with E-state index in [1.807, 2.05) is 30.3 Å². The fourth-order valence-electron chi connectivity index (χ4n) is 1.04. The van der Waals surface area contributed by atoms with Gasteiger partial charge in [-0.2, -0.15) is 9.37 Å². The molecule has 0 aliphatic rings. The Kier molecular flexibility index (Phi) is 2.00. The molecule has 0 aliphatic heterocycles. The first-order valence-electron chi connectivity index (χ1n) is 3.82. The Morgan fingerprint density at radius 2 is 1.92 bits per heavy atom. The molecule has 0 atom stereocenters. The molecular weight excluding hydrogens is 167 g/mol. The molecule has 0 fully saturated rings. The Labute approximate surface area is 75.1 Å². The van der Waals surface area contributed by atoms with E-state index in [2.05, 4.69) is 16.2 Å². The third-order valence-corrected chi connectivity index (χ3v) is 1.65. The molecular formula is C10H6FN2. The van der Waals surface area contributed by atoms with Crippen LogP contribution in [0.3, 0.4) is 0 Å². The topological polar surface area (TPSA) is 25.8 Å². The summed E-state index contributed by atoms with van der Waals surface area (Å²) in [5, 5.41) is 0. The highest BCUT2D eigenvalue weighted by Crippen LogP contribution is 2.15. The molecule has 63 valence electrons. The first-order chi connectivity index (χ1) is 6.36. The van der Waals surface area contributed by atoms with Crippen LogP contribution in [0, 0.1) is 12.3 Å². The van der Waals surface area contributed by atoms with E-state index in [1.54, 1.807) is 0 Å². The summed E-state index contributed by atoms with van der Waals surface area (Å²) in [4.78, 5) is 6.80. The van der Waals surface area contributed by atoms with Crippen molar-refractivity contribution in [1.29, 1.82) is 0 Å². The van der Waals surface area contributed by atoms with Gasteiger partial charge in [-0.25, -0.2) is 4.98 Å². The number of hydrogen-bond donors (Lipinski definition) is 0. The molecule has 0 N–H and O–H groups in total. The summed E-state index contributed by atoms with van der Waals surface area (Å²) in [7, 11) is 0. The molecule has 1 aromatic carbocycles. The van der Waals surface area contributed by atoms with Crippen LogP contribution in [0.25, 0.3) is 11.1 Å². The van der Waals surface area contributed by atoms with Crippen LogP contribution in [-0.2, 0) is 0 Å². The zero-order valence-electron chi connectivity index (χ0n) is 6.74. The number of halogens is 1. The third-order valence-electron chi connectivity index (χ3n) is 1.65. The highest BCUT2D eigenvalue weighted by molar-refractivity contribution is 5.60. The lowest BCUT2D eigenvalue weighted by atomic mass is 10.1. The molecule has 2 nitrogen and oxygen atoms in total. The van der Waals surface area contributed by atoms with Crippen LogP contribution in [0.15, 0.2) is 36.5 Å². The number of aromatic nitrogens is 2. The molecule has 0 spiro atoms. The van der Waals surface area contributed by atoms with E-state index in [0.29, 0.717) is 5.56 Å². The van der Waals surface area contributed by atoms with Crippen LogP contribution in [-0.4, -0.2) is 9.97 Å². The van der Waals surface area contributed by atoms with E-state index in [9.17, 15) is 4.39 Å². The molecule has 1 heterocycles. The Morgan fingerprint density at radius 3 is 2.54 bits per heavy atom. The predicted molar refractivity (Wildman–Crippen MR) is 46.3 cm³/mol. The maximum atomic E-state index is 12.3. The van der Waals surface area contributed by atoms with Gasteiger partial charge in [0, 0.05) is 11.8 Å². The second kappa shape index (κ2) is 3.31. The predicted octanol–water partition coefficient (Wildman–Crippen LogP) is 2.08. The molecule has 0 aliphatic carbocycles. The maximum Gasteiger partial charge on any atom is 0.309 e. The van der Waals surface area contributed by atoms with Gasteiger partial charge in [-0.1, -0.05) is 30.3 Å². The molecule has 1 radical (unpaired) electrons. The van der Waals surface area contributed by atoms with Crippen molar-refractivity contribution in [2.45, 2.75) is 0 Å². The highest BCUT2D eigenvalue weighted by atomic mass is 19.1. The Bertz CT molecular complexity index is 383. The fraction of sp³-hybridized carbons (Fsp3) is 0. The maximum absolute atomic E-state index is 12.3. The van der Waals surface area contributed by atoms with E-state index >= 15 is 0 Å². The molecule has 0 saturated heterocycles. The van der Waals surface area contributed by atoms with Crippen molar-refractivity contribution in [2.24, 2.45) is 0 Å². The molecule has 0 saturated carbocycles. The van der Waals surface area contributed by atoms with Gasteiger partial charge in [0.15, 0.2) is 0 Å². The van der Waals surface area contributed by atoms with Gasteiger partial charge in [0.05, 0.1) is 0 Å². The van der Waals surface area contributed by atoms with Crippen molar-refractivity contribution in [3.05, 3.63) is 48.8 Å². The van der Waals surface area contributed by atoms with Crippen LogP contribution in [0.5, 0.6) is 0 Å². The summed E-state index contributed by atoms with van der Waals surface area (Å²) in [6.45, 7) is 0. The summed E-state index contributed by atoms with van der Waals surface area (Å²) >= 11 is 0. The third kappa shape index (κ3) is 1.69. The highest BCUT2D eigenvalue weighted by Gasteiger charge is 1.98. The van der Waals surface area contributed by atoms with E-state index in [-0.39, 0.29) is 0 Å². The molecule has 2 aromatic rings.